The third-order valence-electron chi connectivity index (χ3n) is 6.64. The number of hydrogen-bond donors (Lipinski definition) is 1. The lowest BCUT2D eigenvalue weighted by Gasteiger charge is -2.15. The van der Waals surface area contributed by atoms with Gasteiger partial charge in [0.2, 0.25) is 0 Å². The highest BCUT2D eigenvalue weighted by molar-refractivity contribution is 6.32. The molecule has 0 atom stereocenters. The van der Waals surface area contributed by atoms with E-state index in [0.717, 1.165) is 4.68 Å². The Balaban J connectivity index is 1.45. The van der Waals surface area contributed by atoms with E-state index in [1.807, 2.05) is 0 Å². The highest BCUT2D eigenvalue weighted by Gasteiger charge is 2.37. The number of halogens is 7. The largest absolute Gasteiger partial charge is 0.455 e. The fourth-order valence-corrected chi connectivity index (χ4v) is 5.04. The maximum Gasteiger partial charge on any atom is 0.455 e. The lowest BCUT2D eigenvalue weighted by atomic mass is 9.95. The molecule has 1 amide bonds. The van der Waals surface area contributed by atoms with Crippen LogP contribution in [0.2, 0.25) is 10.0 Å². The van der Waals surface area contributed by atoms with Crippen LogP contribution in [0.5, 0.6) is 5.75 Å². The number of nitrogens with zero attached hydrogens (tertiary/aromatic N) is 7. The Bertz CT molecular complexity index is 1950. The van der Waals surface area contributed by atoms with Crippen molar-refractivity contribution < 1.29 is 36.3 Å². The minimum absolute atomic E-state index is 0.0456. The fourth-order valence-electron chi connectivity index (χ4n) is 4.56. The van der Waals surface area contributed by atoms with Crippen molar-refractivity contribution in [1.29, 1.82) is 0 Å². The third-order valence-corrected chi connectivity index (χ3v) is 7.16. The van der Waals surface area contributed by atoms with Crippen molar-refractivity contribution in [2.24, 2.45) is 0 Å². The van der Waals surface area contributed by atoms with Gasteiger partial charge in [-0.15, -0.1) is 10.2 Å². The highest BCUT2D eigenvalue weighted by Crippen LogP contribution is 2.27. The van der Waals surface area contributed by atoms with Crippen molar-refractivity contribution in [3.05, 3.63) is 110 Å². The summed E-state index contributed by atoms with van der Waals surface area (Å²) in [5.74, 6) is -2.72. The molecule has 0 saturated carbocycles. The number of rotatable bonds is 11. The van der Waals surface area contributed by atoms with Gasteiger partial charge in [0.15, 0.2) is 11.6 Å². The molecule has 3 aromatic heterocycles. The molecule has 244 valence electrons. The molecule has 0 fully saturated rings. The number of aromatic nitrogens is 7. The summed E-state index contributed by atoms with van der Waals surface area (Å²) in [6.45, 7) is -1.99. The van der Waals surface area contributed by atoms with Gasteiger partial charge in [0.1, 0.15) is 18.0 Å². The molecule has 0 aliphatic rings. The number of para-hydroxylation sites is 1. The van der Waals surface area contributed by atoms with Crippen LogP contribution in [0.15, 0.2) is 60.8 Å². The van der Waals surface area contributed by atoms with E-state index < -0.39 is 30.3 Å². The summed E-state index contributed by atoms with van der Waals surface area (Å²) < 4.78 is 70.4. The van der Waals surface area contributed by atoms with Gasteiger partial charge in [0.25, 0.3) is 11.7 Å². The van der Waals surface area contributed by atoms with Crippen molar-refractivity contribution in [3.8, 4) is 11.6 Å². The molecule has 0 aliphatic heterocycles. The van der Waals surface area contributed by atoms with E-state index in [4.69, 9.17) is 23.2 Å². The molecule has 47 heavy (non-hydrogen) atoms. The number of pyridine rings is 1. The summed E-state index contributed by atoms with van der Waals surface area (Å²) in [6.07, 6.45) is -3.77. The summed E-state index contributed by atoms with van der Waals surface area (Å²) in [5, 5.41) is 17.0. The Kier molecular flexibility index (Phi) is 9.81. The van der Waals surface area contributed by atoms with Gasteiger partial charge in [-0.05, 0) is 59.7 Å². The smallest absolute Gasteiger partial charge is 0.434 e. The molecule has 3 heterocycles. The van der Waals surface area contributed by atoms with E-state index in [0.29, 0.717) is 15.9 Å². The Morgan fingerprint density at radius 3 is 2.51 bits per heavy atom. The first-order chi connectivity index (χ1) is 22.3. The van der Waals surface area contributed by atoms with Crippen molar-refractivity contribution in [1.82, 2.24) is 40.3 Å². The number of carbonyl (C=O) groups is 2. The molecule has 18 heteroatoms. The number of amides is 1. The lowest BCUT2D eigenvalue weighted by Crippen LogP contribution is -2.25. The van der Waals surface area contributed by atoms with Gasteiger partial charge in [-0.3, -0.25) is 9.59 Å². The maximum atomic E-state index is 13.9. The first-order valence-corrected chi connectivity index (χ1v) is 14.2. The van der Waals surface area contributed by atoms with Crippen LogP contribution in [0, 0.1) is 6.92 Å². The van der Waals surface area contributed by atoms with Gasteiger partial charge >= 0.3 is 12.8 Å². The number of aryl methyl sites for hydroxylation is 1. The second-order valence-corrected chi connectivity index (χ2v) is 10.7. The highest BCUT2D eigenvalue weighted by atomic mass is 35.5. The zero-order valence-electron chi connectivity index (χ0n) is 24.0. The van der Waals surface area contributed by atoms with Crippen LogP contribution >= 0.6 is 23.2 Å². The van der Waals surface area contributed by atoms with Gasteiger partial charge in [-0.2, -0.15) is 31.8 Å². The van der Waals surface area contributed by atoms with E-state index in [-0.39, 0.29) is 63.6 Å². The van der Waals surface area contributed by atoms with Crippen LogP contribution in [0.4, 0.5) is 22.0 Å². The molecule has 0 unspecified atom stereocenters. The monoisotopic (exact) mass is 694 g/mol. The van der Waals surface area contributed by atoms with Gasteiger partial charge in [0, 0.05) is 35.3 Å². The van der Waals surface area contributed by atoms with Crippen LogP contribution in [0.25, 0.3) is 5.82 Å². The summed E-state index contributed by atoms with van der Waals surface area (Å²) in [7, 11) is 0. The van der Waals surface area contributed by atoms with Crippen LogP contribution < -0.4 is 10.1 Å². The second-order valence-electron chi connectivity index (χ2n) is 9.90. The van der Waals surface area contributed by atoms with Gasteiger partial charge in [-0.1, -0.05) is 41.4 Å². The standard InChI is InChI=1S/C29H21Cl2F5N8O3/c1-15-9-17(30)10-20(26(46)38-13-16-5-2-3-7-24(16)47-28(32)33)19(15)12-23(45)22-11-18(14-43-41-27(39-42-43)29(34,35)36)40-44(22)25-21(31)6-4-8-37-25/h2-11,28H,12-14H2,1H3,(H,38,46). The molecule has 0 radical (unpaired) electrons. The molecular weight excluding hydrogens is 674 g/mol. The summed E-state index contributed by atoms with van der Waals surface area (Å²) >= 11 is 12.6. The third kappa shape index (κ3) is 7.89. The minimum Gasteiger partial charge on any atom is -0.434 e. The second kappa shape index (κ2) is 13.8. The topological polar surface area (TPSA) is 130 Å². The maximum absolute atomic E-state index is 13.9. The molecule has 1 N–H and O–H groups in total. The predicted octanol–water partition coefficient (Wildman–Crippen LogP) is 5.89. The SMILES string of the molecule is Cc1cc(Cl)cc(C(=O)NCc2ccccc2OC(F)F)c1CC(=O)c1cc(Cn2nnc(C(F)(F)F)n2)nn1-c1ncccc1Cl. The summed E-state index contributed by atoms with van der Waals surface area (Å²) in [5.41, 5.74) is 1.14. The minimum atomic E-state index is -4.82. The Morgan fingerprint density at radius 1 is 1.04 bits per heavy atom. The summed E-state index contributed by atoms with van der Waals surface area (Å²) in [6, 6.07) is 13.2. The first-order valence-electron chi connectivity index (χ1n) is 13.5. The van der Waals surface area contributed by atoms with E-state index in [2.05, 4.69) is 35.5 Å². The average molecular weight is 695 g/mol. The van der Waals surface area contributed by atoms with Gasteiger partial charge in [0.05, 0.1) is 10.7 Å². The zero-order valence-corrected chi connectivity index (χ0v) is 25.5. The number of tetrazole rings is 1. The van der Waals surface area contributed by atoms with Gasteiger partial charge < -0.3 is 10.1 Å². The molecule has 5 rings (SSSR count). The predicted molar refractivity (Wildman–Crippen MR) is 157 cm³/mol. The summed E-state index contributed by atoms with van der Waals surface area (Å²) in [4.78, 5) is 32.1. The molecule has 0 aliphatic carbocycles. The zero-order chi connectivity index (χ0) is 33.9. The number of ether oxygens (including phenoxy) is 1. The van der Waals surface area contributed by atoms with E-state index in [1.54, 1.807) is 25.1 Å². The Morgan fingerprint density at radius 2 is 1.81 bits per heavy atom. The van der Waals surface area contributed by atoms with E-state index >= 15 is 0 Å². The molecule has 2 aromatic carbocycles. The number of nitrogens with one attached hydrogen (secondary N) is 1. The molecular formula is C29H21Cl2F5N8O3. The average Bonchev–Trinajstić information content (AvgIpc) is 3.65. The van der Waals surface area contributed by atoms with Gasteiger partial charge in [-0.25, -0.2) is 9.67 Å². The molecule has 0 saturated heterocycles. The van der Waals surface area contributed by atoms with E-state index in [9.17, 15) is 31.5 Å². The van der Waals surface area contributed by atoms with Crippen molar-refractivity contribution in [2.45, 2.75) is 39.2 Å². The van der Waals surface area contributed by atoms with Crippen molar-refractivity contribution in [2.75, 3.05) is 0 Å². The number of ketones is 1. The number of benzene rings is 2. The molecule has 0 bridgehead atoms. The van der Waals surface area contributed by atoms with Crippen LogP contribution in [0.3, 0.4) is 0 Å². The lowest BCUT2D eigenvalue weighted by molar-refractivity contribution is -0.145. The Labute approximate surface area is 272 Å². The fraction of sp³-hybridized carbons (Fsp3) is 0.207. The van der Waals surface area contributed by atoms with Crippen LogP contribution in [-0.2, 0) is 25.7 Å². The number of hydrogen-bond acceptors (Lipinski definition) is 8. The van der Waals surface area contributed by atoms with Crippen LogP contribution in [0.1, 0.15) is 49.1 Å². The Hall–Kier alpha value is -4.96. The van der Waals surface area contributed by atoms with Crippen LogP contribution in [-0.4, -0.2) is 53.3 Å². The van der Waals surface area contributed by atoms with Crippen molar-refractivity contribution >= 4 is 34.9 Å². The first kappa shape index (κ1) is 33.4. The van der Waals surface area contributed by atoms with Crippen molar-refractivity contribution in [3.63, 3.8) is 0 Å². The molecule has 11 nitrogen and oxygen atoms in total. The van der Waals surface area contributed by atoms with E-state index in [1.165, 1.54) is 42.6 Å². The quantitative estimate of drug-likeness (QED) is 0.134. The number of carbonyl (C=O) groups excluding carboxylic acids is 2. The molecule has 5 aromatic rings. The number of Topliss-reactive ketones (excluding diaryl/α,β-unsaturated/α-hetero) is 1. The normalized spacial score (nSPS) is 11.6. The number of alkyl halides is 5. The molecule has 0 spiro atoms.